The molecule has 0 fully saturated rings. The standard InChI is InChI=1S/C26H38O7.C26H36O6.2H2/c1-5-24(27)25(28)13-7-11-22(32-18-31-4)16-19(2)15-20(3)17-23-12-6-9-21(33-23)10-8-14-26(29)30;1-5-24(27)25-13-7-11-22(30-18-29-4)16-19(2)15-20(3)17-23-12-6-9-21(31-23)10-8-14-26(28)32-25;;/h5-7,9,11,20-25,27-28H,1-2,10,12-13,15-18H2,3-4H3,(H,29,30);5-7,9,11,20-25,27H,1-2,10,12-13,15-18H2,3-4H3;2*1H/b2*11-7+;;/t2*20-,21-,22+,23-,24-,25-;;/m00../s1/i;;1+1D;1+1. The molecule has 0 spiro atoms. The molecule has 3 heterocycles. The van der Waals surface area contributed by atoms with Crippen molar-refractivity contribution in [1.82, 2.24) is 0 Å². The molecular weight excluding hydrogens is 833 g/mol. The van der Waals surface area contributed by atoms with Gasteiger partial charge < -0.3 is 53.6 Å². The predicted molar refractivity (Wildman–Crippen MR) is 255 cm³/mol. The van der Waals surface area contributed by atoms with E-state index >= 15 is 0 Å². The van der Waals surface area contributed by atoms with Crippen LogP contribution in [0.3, 0.4) is 0 Å². The van der Waals surface area contributed by atoms with Gasteiger partial charge in [0, 0.05) is 49.7 Å². The summed E-state index contributed by atoms with van der Waals surface area (Å²) in [5.41, 5.74) is 2.13. The van der Waals surface area contributed by atoms with Gasteiger partial charge in [0.15, 0.2) is 0 Å². The van der Waals surface area contributed by atoms with Crippen LogP contribution in [0.5, 0.6) is 0 Å². The molecule has 65 heavy (non-hydrogen) atoms. The molecule has 0 saturated carbocycles. The lowest BCUT2D eigenvalue weighted by atomic mass is 9.91. The minimum Gasteiger partial charge on any atom is -0.472 e. The molecule has 3 rings (SSSR count). The molecule has 3 aliphatic rings. The largest absolute Gasteiger partial charge is 0.472 e. The Labute approximate surface area is 392 Å². The van der Waals surface area contributed by atoms with Crippen LogP contribution in [-0.2, 0) is 42.7 Å². The van der Waals surface area contributed by atoms with E-state index < -0.39 is 36.4 Å². The maximum Gasteiger partial charge on any atom is 0.384 e. The zero-order valence-electron chi connectivity index (χ0n) is 40.9. The Kier molecular flexibility index (Phi) is 28.0. The second-order valence-corrected chi connectivity index (χ2v) is 16.8. The van der Waals surface area contributed by atoms with E-state index in [0.29, 0.717) is 43.9 Å². The van der Waals surface area contributed by atoms with Crippen LogP contribution in [0, 0.1) is 35.5 Å². The number of aliphatic hydroxyl groups excluding tert-OH is 3. The smallest absolute Gasteiger partial charge is 0.384 e. The van der Waals surface area contributed by atoms with E-state index in [4.69, 9.17) is 41.2 Å². The molecule has 0 unspecified atom stereocenters. The molecule has 0 radical (unpaired) electrons. The van der Waals surface area contributed by atoms with Crippen molar-refractivity contribution in [3.8, 4) is 23.7 Å². The van der Waals surface area contributed by atoms with Crippen molar-refractivity contribution in [2.75, 3.05) is 27.8 Å². The first kappa shape index (κ1) is 55.0. The normalized spacial score (nSPS) is 26.8. The fourth-order valence-electron chi connectivity index (χ4n) is 7.52. The highest BCUT2D eigenvalue weighted by atomic mass is 16.7. The van der Waals surface area contributed by atoms with Crippen molar-refractivity contribution in [3.05, 3.63) is 98.2 Å². The van der Waals surface area contributed by atoms with Gasteiger partial charge in [0.25, 0.3) is 0 Å². The number of aliphatic carboxylic acids is 1. The first-order chi connectivity index (χ1) is 32.1. The van der Waals surface area contributed by atoms with E-state index in [9.17, 15) is 24.9 Å². The third kappa shape index (κ3) is 25.8. The number of rotatable bonds is 20. The molecule has 0 aromatic rings. The van der Waals surface area contributed by atoms with Crippen LogP contribution in [0.2, 0.25) is 0 Å². The zero-order valence-corrected chi connectivity index (χ0v) is 38.9. The number of ether oxygens (including phenoxy) is 7. The number of methoxy groups -OCH3 is 2. The number of aliphatic hydroxyl groups is 3. The second-order valence-electron chi connectivity index (χ2n) is 16.8. The summed E-state index contributed by atoms with van der Waals surface area (Å²) in [5, 5.41) is 38.2. The number of carbonyl (C=O) groups excluding carboxylic acids is 1. The van der Waals surface area contributed by atoms with Gasteiger partial charge >= 0.3 is 11.9 Å². The zero-order chi connectivity index (χ0) is 50.0. The molecule has 13 heteroatoms. The van der Waals surface area contributed by atoms with Crippen LogP contribution in [0.4, 0.5) is 0 Å². The Bertz CT molecular complexity index is 1740. The molecule has 4 N–H and O–H groups in total. The summed E-state index contributed by atoms with van der Waals surface area (Å²) in [7, 11) is 3.13. The van der Waals surface area contributed by atoms with Crippen molar-refractivity contribution < 1.29 is 67.6 Å². The second kappa shape index (κ2) is 33.1. The van der Waals surface area contributed by atoms with E-state index in [0.717, 1.165) is 49.7 Å². The summed E-state index contributed by atoms with van der Waals surface area (Å²) in [4.78, 5) is 22.7. The third-order valence-corrected chi connectivity index (χ3v) is 10.6. The van der Waals surface area contributed by atoms with Crippen LogP contribution >= 0.6 is 0 Å². The van der Waals surface area contributed by atoms with Gasteiger partial charge in [-0.05, 0) is 69.6 Å². The van der Waals surface area contributed by atoms with Gasteiger partial charge in [-0.2, -0.15) is 0 Å². The summed E-state index contributed by atoms with van der Waals surface area (Å²) in [6.07, 6.45) is 21.6. The Morgan fingerprint density at radius 2 is 1.77 bits per heavy atom. The van der Waals surface area contributed by atoms with Gasteiger partial charge in [-0.15, -0.1) is 13.2 Å². The number of carboxylic acid groups (broad SMARTS) is 1. The van der Waals surface area contributed by atoms with Crippen molar-refractivity contribution >= 4 is 11.9 Å². The predicted octanol–water partition coefficient (Wildman–Crippen LogP) is 7.74. The summed E-state index contributed by atoms with van der Waals surface area (Å²) < 4.78 is 49.1. The SMILES string of the molecule is C=C[C@H](O)[C@@H](O)C/C=C/[C@H](CC(=C)C[C@H](C)C[C@@H]1CC=C[C@@H](CC#CC(=O)O)O1)OCOC.C=C[C@H](O)[C@@H]1C/C=C/[C@@H](OCOC)CC(=C)C[C@H](C)C[C@@H]2CC=C[C@@H](CC#CC(=O)O1)O2.[2HH].[2H][2H]. The van der Waals surface area contributed by atoms with Gasteiger partial charge in [-0.3, -0.25) is 0 Å². The lowest BCUT2D eigenvalue weighted by Gasteiger charge is -2.28. The molecule has 0 saturated heterocycles. The number of hydrogen-bond acceptors (Lipinski definition) is 12. The minimum absolute atomic E-state index is 0. The molecule has 0 aromatic carbocycles. The van der Waals surface area contributed by atoms with E-state index in [1.54, 1.807) is 20.3 Å². The van der Waals surface area contributed by atoms with Crippen molar-refractivity contribution in [2.24, 2.45) is 11.8 Å². The fraction of sp³-hybridized carbons (Fsp3) is 0.577. The van der Waals surface area contributed by atoms with Gasteiger partial charge in [0.2, 0.25) is 0 Å². The number of cyclic esters (lactones) is 1. The maximum absolute atomic E-state index is 12.2. The van der Waals surface area contributed by atoms with Gasteiger partial charge in [-0.1, -0.05) is 111 Å². The highest BCUT2D eigenvalue weighted by molar-refractivity contribution is 5.88. The quantitative estimate of drug-likeness (QED) is 0.0307. The number of carbonyl (C=O) groups is 2. The molecule has 0 aliphatic carbocycles. The topological polar surface area (TPSA) is 180 Å². The number of carboxylic acids is 1. The van der Waals surface area contributed by atoms with Gasteiger partial charge in [0.1, 0.15) is 25.8 Å². The highest BCUT2D eigenvalue weighted by Crippen LogP contribution is 2.28. The van der Waals surface area contributed by atoms with Gasteiger partial charge in [0.05, 0.1) is 48.8 Å². The lowest BCUT2D eigenvalue weighted by Crippen LogP contribution is -2.29. The summed E-state index contributed by atoms with van der Waals surface area (Å²) in [6.45, 7) is 20.2. The highest BCUT2D eigenvalue weighted by Gasteiger charge is 2.24. The van der Waals surface area contributed by atoms with Crippen LogP contribution in [-0.4, -0.2) is 121 Å². The maximum atomic E-state index is 12.2. The number of fused-ring (bicyclic) bond motifs is 2. The summed E-state index contributed by atoms with van der Waals surface area (Å²) >= 11 is 0. The van der Waals surface area contributed by atoms with Crippen molar-refractivity contribution in [1.29, 1.82) is 0 Å². The van der Waals surface area contributed by atoms with Crippen LogP contribution in [0.1, 0.15) is 95.3 Å². The number of esters is 1. The Morgan fingerprint density at radius 1 is 1.03 bits per heavy atom. The van der Waals surface area contributed by atoms with Crippen LogP contribution in [0.25, 0.3) is 0 Å². The Balaban J connectivity index is 0.00000126. The Hall–Kier alpha value is -4.38. The Morgan fingerprint density at radius 3 is 2.48 bits per heavy atom. The van der Waals surface area contributed by atoms with E-state index in [1.165, 1.54) is 12.2 Å². The first-order valence-corrected chi connectivity index (χ1v) is 22.4. The molecule has 12 atom stereocenters. The molecule has 2 bridgehead atoms. The first-order valence-electron chi connectivity index (χ1n) is 23.4. The van der Waals surface area contributed by atoms with E-state index in [1.807, 2.05) is 30.4 Å². The average Bonchev–Trinajstić information content (AvgIpc) is 3.29. The third-order valence-electron chi connectivity index (χ3n) is 10.6. The van der Waals surface area contributed by atoms with Crippen LogP contribution in [0.15, 0.2) is 98.2 Å². The van der Waals surface area contributed by atoms with E-state index in [2.05, 4.69) is 76.0 Å². The van der Waals surface area contributed by atoms with Crippen molar-refractivity contribution in [2.45, 2.75) is 152 Å². The van der Waals surface area contributed by atoms with E-state index in [-0.39, 0.29) is 58.1 Å². The summed E-state index contributed by atoms with van der Waals surface area (Å²) in [6, 6.07) is 0. The average molecular weight is 914 g/mol. The molecule has 364 valence electrons. The molecule has 3 aliphatic heterocycles. The lowest BCUT2D eigenvalue weighted by molar-refractivity contribution is -0.145. The summed E-state index contributed by atoms with van der Waals surface area (Å²) in [5.74, 6) is 9.04. The van der Waals surface area contributed by atoms with Crippen LogP contribution < -0.4 is 0 Å². The van der Waals surface area contributed by atoms with Crippen molar-refractivity contribution in [3.63, 3.8) is 0 Å². The molecule has 0 aromatic heterocycles. The number of hydrogen-bond donors (Lipinski definition) is 4. The monoisotopic (exact) mass is 914 g/mol. The van der Waals surface area contributed by atoms with Gasteiger partial charge in [-0.25, -0.2) is 9.59 Å². The molecular formula is C52H78O13. The minimum atomic E-state index is -1.13. The molecule has 0 amide bonds. The molecule has 13 nitrogen and oxygen atoms in total. The fourth-order valence-corrected chi connectivity index (χ4v) is 7.52.